The molecule has 3 rings (SSSR count). The smallest absolute Gasteiger partial charge is 0.332 e. The summed E-state index contributed by atoms with van der Waals surface area (Å²) in [6.07, 6.45) is 0. The Balaban J connectivity index is 2.40. The van der Waals surface area contributed by atoms with Gasteiger partial charge in [-0.1, -0.05) is 37.0 Å². The lowest BCUT2D eigenvalue weighted by Gasteiger charge is -2.08. The summed E-state index contributed by atoms with van der Waals surface area (Å²) in [7, 11) is 0. The van der Waals surface area contributed by atoms with E-state index in [0.717, 1.165) is 0 Å². The van der Waals surface area contributed by atoms with E-state index in [0.29, 0.717) is 21.6 Å². The molecule has 0 atom stereocenters. The first-order valence-corrected chi connectivity index (χ1v) is 7.83. The average molecular weight is 366 g/mol. The van der Waals surface area contributed by atoms with Gasteiger partial charge < -0.3 is 10.7 Å². The van der Waals surface area contributed by atoms with Gasteiger partial charge in [0.25, 0.3) is 5.91 Å². The van der Waals surface area contributed by atoms with Gasteiger partial charge in [0.1, 0.15) is 11.3 Å². The molecule has 0 saturated carbocycles. The molecule has 0 spiro atoms. The fraction of sp³-hybridized carbons (Fsp3) is 0.200. The third kappa shape index (κ3) is 2.65. The maximum absolute atomic E-state index is 12.4. The normalized spacial score (nSPS) is 11.4. The Hall–Kier alpha value is -2.38. The lowest BCUT2D eigenvalue weighted by Crippen LogP contribution is -2.16. The van der Waals surface area contributed by atoms with Crippen LogP contribution in [-0.2, 0) is 0 Å². The predicted molar refractivity (Wildman–Crippen MR) is 92.1 cm³/mol. The fourth-order valence-corrected chi connectivity index (χ4v) is 2.59. The Labute approximate surface area is 146 Å². The largest absolute Gasteiger partial charge is 0.364 e. The number of nitrogens with zero attached hydrogens (tertiary/aromatic N) is 3. The van der Waals surface area contributed by atoms with E-state index < -0.39 is 11.6 Å². The lowest BCUT2D eigenvalue weighted by atomic mass is 10.2. The minimum absolute atomic E-state index is 0.0281. The summed E-state index contributed by atoms with van der Waals surface area (Å²) >= 11 is 12.0. The summed E-state index contributed by atoms with van der Waals surface area (Å²) < 4.78 is 1.30. The fourth-order valence-electron chi connectivity index (χ4n) is 2.30. The monoisotopic (exact) mass is 365 g/mol. The number of carbonyl (C=O) groups is 1. The van der Waals surface area contributed by atoms with E-state index in [1.165, 1.54) is 4.57 Å². The molecule has 1 aromatic carbocycles. The standard InChI is InChI=1S/C15H13Cl2N5O2/c1-6(2)13-19-10(12(18)23)11-14(21-13)22(15(24)20-11)7-3-4-8(16)9(17)5-7/h3-6H,1-2H3,(H2,18,23)(H,20,24). The topological polar surface area (TPSA) is 107 Å². The van der Waals surface area contributed by atoms with Gasteiger partial charge in [-0.15, -0.1) is 0 Å². The van der Waals surface area contributed by atoms with Crippen LogP contribution in [0, 0.1) is 0 Å². The van der Waals surface area contributed by atoms with E-state index in [2.05, 4.69) is 15.0 Å². The lowest BCUT2D eigenvalue weighted by molar-refractivity contribution is 0.0996. The van der Waals surface area contributed by atoms with Crippen LogP contribution in [0.4, 0.5) is 0 Å². The number of aromatic nitrogens is 4. The Morgan fingerprint density at radius 3 is 2.54 bits per heavy atom. The first kappa shape index (κ1) is 16.5. The van der Waals surface area contributed by atoms with Crippen LogP contribution in [-0.4, -0.2) is 25.4 Å². The van der Waals surface area contributed by atoms with Crippen LogP contribution in [0.15, 0.2) is 23.0 Å². The molecular weight excluding hydrogens is 353 g/mol. The van der Waals surface area contributed by atoms with E-state index in [9.17, 15) is 9.59 Å². The number of hydrogen-bond acceptors (Lipinski definition) is 4. The van der Waals surface area contributed by atoms with Gasteiger partial charge in [0.05, 0.1) is 15.7 Å². The Morgan fingerprint density at radius 2 is 1.96 bits per heavy atom. The molecule has 1 amide bonds. The van der Waals surface area contributed by atoms with E-state index >= 15 is 0 Å². The molecule has 2 aromatic heterocycles. The molecule has 0 fully saturated rings. The second-order valence-electron chi connectivity index (χ2n) is 5.51. The van der Waals surface area contributed by atoms with Crippen molar-refractivity contribution in [2.75, 3.05) is 0 Å². The SMILES string of the molecule is CC(C)c1nc(C(N)=O)c2[nH]c(=O)n(-c3ccc(Cl)c(Cl)c3)c2n1. The highest BCUT2D eigenvalue weighted by atomic mass is 35.5. The molecule has 7 nitrogen and oxygen atoms in total. The number of aromatic amines is 1. The zero-order chi connectivity index (χ0) is 17.6. The number of hydrogen-bond donors (Lipinski definition) is 2. The molecule has 0 unspecified atom stereocenters. The molecule has 0 aliphatic heterocycles. The van der Waals surface area contributed by atoms with Gasteiger partial charge in [-0.2, -0.15) is 0 Å². The maximum atomic E-state index is 12.4. The highest BCUT2D eigenvalue weighted by Gasteiger charge is 2.20. The van der Waals surface area contributed by atoms with Crippen LogP contribution in [0.2, 0.25) is 10.0 Å². The number of H-pyrrole nitrogens is 1. The summed E-state index contributed by atoms with van der Waals surface area (Å²) in [5, 5.41) is 0.660. The Kier molecular flexibility index (Phi) is 4.06. The number of primary amides is 1. The zero-order valence-corrected chi connectivity index (χ0v) is 14.3. The van der Waals surface area contributed by atoms with Crippen molar-refractivity contribution in [3.8, 4) is 5.69 Å². The predicted octanol–water partition coefficient (Wildman–Crippen LogP) is 2.64. The number of imidazole rings is 1. The summed E-state index contributed by atoms with van der Waals surface area (Å²) in [4.78, 5) is 35.3. The molecule has 3 aromatic rings. The Morgan fingerprint density at radius 1 is 1.25 bits per heavy atom. The molecule has 0 saturated heterocycles. The maximum Gasteiger partial charge on any atom is 0.332 e. The second kappa shape index (κ2) is 5.92. The van der Waals surface area contributed by atoms with E-state index in [1.807, 2.05) is 13.8 Å². The highest BCUT2D eigenvalue weighted by molar-refractivity contribution is 6.42. The van der Waals surface area contributed by atoms with Crippen molar-refractivity contribution < 1.29 is 4.79 Å². The highest BCUT2D eigenvalue weighted by Crippen LogP contribution is 2.26. The molecule has 0 bridgehead atoms. The number of carbonyl (C=O) groups excluding carboxylic acids is 1. The first-order chi connectivity index (χ1) is 11.3. The Bertz CT molecular complexity index is 1020. The van der Waals surface area contributed by atoms with Crippen LogP contribution < -0.4 is 11.4 Å². The van der Waals surface area contributed by atoms with Gasteiger partial charge in [-0.3, -0.25) is 4.79 Å². The van der Waals surface area contributed by atoms with Crippen LogP contribution in [0.1, 0.15) is 36.1 Å². The van der Waals surface area contributed by atoms with Crippen molar-refractivity contribution >= 4 is 40.3 Å². The van der Waals surface area contributed by atoms with Crippen LogP contribution in [0.3, 0.4) is 0 Å². The summed E-state index contributed by atoms with van der Waals surface area (Å²) in [5.74, 6) is -0.393. The van der Waals surface area contributed by atoms with Crippen LogP contribution >= 0.6 is 23.2 Å². The second-order valence-corrected chi connectivity index (χ2v) is 6.33. The number of amides is 1. The van der Waals surface area contributed by atoms with E-state index in [1.54, 1.807) is 18.2 Å². The van der Waals surface area contributed by atoms with Gasteiger partial charge in [-0.25, -0.2) is 19.3 Å². The quantitative estimate of drug-likeness (QED) is 0.743. The van der Waals surface area contributed by atoms with Gasteiger partial charge in [0.15, 0.2) is 11.3 Å². The summed E-state index contributed by atoms with van der Waals surface area (Å²) in [6.45, 7) is 3.75. The van der Waals surface area contributed by atoms with Crippen molar-refractivity contribution in [3.63, 3.8) is 0 Å². The summed E-state index contributed by atoms with van der Waals surface area (Å²) in [5.41, 5.74) is 5.78. The van der Waals surface area contributed by atoms with Crippen molar-refractivity contribution in [1.82, 2.24) is 19.5 Å². The molecule has 0 aliphatic carbocycles. The molecule has 0 radical (unpaired) electrons. The number of halogens is 2. The molecule has 2 heterocycles. The molecule has 0 aliphatic rings. The van der Waals surface area contributed by atoms with Crippen molar-refractivity contribution in [3.05, 3.63) is 50.2 Å². The molecule has 124 valence electrons. The molecule has 3 N–H and O–H groups in total. The van der Waals surface area contributed by atoms with Gasteiger partial charge in [0, 0.05) is 5.92 Å². The number of nitrogens with two attached hydrogens (primary N) is 1. The van der Waals surface area contributed by atoms with Crippen LogP contribution in [0.25, 0.3) is 16.9 Å². The number of nitrogens with one attached hydrogen (secondary N) is 1. The van der Waals surface area contributed by atoms with E-state index in [-0.39, 0.29) is 22.8 Å². The van der Waals surface area contributed by atoms with Crippen molar-refractivity contribution in [2.24, 2.45) is 5.73 Å². The minimum Gasteiger partial charge on any atom is -0.364 e. The van der Waals surface area contributed by atoms with E-state index in [4.69, 9.17) is 28.9 Å². The third-order valence-electron chi connectivity index (χ3n) is 3.47. The average Bonchev–Trinajstić information content (AvgIpc) is 2.84. The number of rotatable bonds is 3. The van der Waals surface area contributed by atoms with Gasteiger partial charge >= 0.3 is 5.69 Å². The summed E-state index contributed by atoms with van der Waals surface area (Å²) in [6, 6.07) is 4.74. The molecule has 24 heavy (non-hydrogen) atoms. The van der Waals surface area contributed by atoms with Gasteiger partial charge in [-0.05, 0) is 18.2 Å². The first-order valence-electron chi connectivity index (χ1n) is 7.07. The molecule has 9 heteroatoms. The number of benzene rings is 1. The third-order valence-corrected chi connectivity index (χ3v) is 4.20. The minimum atomic E-state index is -0.744. The number of fused-ring (bicyclic) bond motifs is 1. The van der Waals surface area contributed by atoms with Gasteiger partial charge in [0.2, 0.25) is 0 Å². The van der Waals surface area contributed by atoms with Crippen molar-refractivity contribution in [1.29, 1.82) is 0 Å². The van der Waals surface area contributed by atoms with Crippen molar-refractivity contribution in [2.45, 2.75) is 19.8 Å². The van der Waals surface area contributed by atoms with Crippen LogP contribution in [0.5, 0.6) is 0 Å². The molecular formula is C15H13Cl2N5O2. The zero-order valence-electron chi connectivity index (χ0n) is 12.8.